The Labute approximate surface area is 229 Å². The van der Waals surface area contributed by atoms with Crippen molar-refractivity contribution in [3.63, 3.8) is 0 Å². The topological polar surface area (TPSA) is 85.7 Å². The molecule has 0 spiro atoms. The standard InChI is InChI=1S/C30H26F2N2O5S/c1-3-39-30(36)24-16-34(21-8-9-21)28-23(29(24)35)13-25(31)26(27(28)32)18-6-7-19-14-33(15-20(19)12-18)40(37,38)22-10-4-17(2)5-11-22/h4-7,10-13,16,21H,3,8-9,14-15H2,1-2H3. The second kappa shape index (κ2) is 9.64. The van der Waals surface area contributed by atoms with Gasteiger partial charge >= 0.3 is 5.97 Å². The quantitative estimate of drug-likeness (QED) is 0.290. The van der Waals surface area contributed by atoms with Crippen molar-refractivity contribution in [1.29, 1.82) is 0 Å². The van der Waals surface area contributed by atoms with Crippen LogP contribution in [0.4, 0.5) is 8.78 Å². The molecule has 2 aliphatic rings. The van der Waals surface area contributed by atoms with Gasteiger partial charge in [-0.15, -0.1) is 0 Å². The number of carbonyl (C=O) groups is 1. The van der Waals surface area contributed by atoms with Crippen LogP contribution in [0.3, 0.4) is 0 Å². The molecule has 6 rings (SSSR count). The molecule has 206 valence electrons. The number of fused-ring (bicyclic) bond motifs is 2. The van der Waals surface area contributed by atoms with Crippen molar-refractivity contribution in [3.8, 4) is 11.1 Å². The smallest absolute Gasteiger partial charge is 0.343 e. The molecular weight excluding hydrogens is 538 g/mol. The molecule has 0 bridgehead atoms. The van der Waals surface area contributed by atoms with Crippen LogP contribution in [0.15, 0.2) is 64.4 Å². The molecule has 1 saturated carbocycles. The molecule has 0 unspecified atom stereocenters. The maximum Gasteiger partial charge on any atom is 0.343 e. The van der Waals surface area contributed by atoms with Gasteiger partial charge in [-0.3, -0.25) is 4.79 Å². The van der Waals surface area contributed by atoms with Crippen LogP contribution < -0.4 is 5.43 Å². The third kappa shape index (κ3) is 4.31. The Hall–Kier alpha value is -3.89. The van der Waals surface area contributed by atoms with Crippen molar-refractivity contribution in [2.45, 2.75) is 50.7 Å². The number of carbonyl (C=O) groups excluding carboxylic acids is 1. The first kappa shape index (κ1) is 26.3. The number of pyridine rings is 1. The highest BCUT2D eigenvalue weighted by Crippen LogP contribution is 2.40. The van der Waals surface area contributed by atoms with E-state index in [1.807, 2.05) is 6.92 Å². The highest BCUT2D eigenvalue weighted by atomic mass is 32.2. The second-order valence-electron chi connectivity index (χ2n) is 10.2. The highest BCUT2D eigenvalue weighted by molar-refractivity contribution is 7.89. The average Bonchev–Trinajstić information content (AvgIpc) is 3.67. The predicted octanol–water partition coefficient (Wildman–Crippen LogP) is 5.47. The minimum atomic E-state index is -3.76. The summed E-state index contributed by atoms with van der Waals surface area (Å²) in [5, 5.41) is -0.229. The van der Waals surface area contributed by atoms with Crippen LogP contribution in [-0.4, -0.2) is 29.9 Å². The van der Waals surface area contributed by atoms with E-state index in [1.54, 1.807) is 49.4 Å². The van der Waals surface area contributed by atoms with Gasteiger partial charge in [0.05, 0.1) is 28.0 Å². The van der Waals surface area contributed by atoms with Crippen molar-refractivity contribution in [2.24, 2.45) is 0 Å². The number of nitrogens with zero attached hydrogens (tertiary/aromatic N) is 2. The van der Waals surface area contributed by atoms with Gasteiger partial charge in [-0.25, -0.2) is 22.0 Å². The van der Waals surface area contributed by atoms with E-state index in [9.17, 15) is 18.0 Å². The van der Waals surface area contributed by atoms with Gasteiger partial charge < -0.3 is 9.30 Å². The van der Waals surface area contributed by atoms with Crippen LogP contribution in [0.25, 0.3) is 22.0 Å². The summed E-state index contributed by atoms with van der Waals surface area (Å²) >= 11 is 0. The van der Waals surface area contributed by atoms with Crippen molar-refractivity contribution < 1.29 is 26.7 Å². The average molecular weight is 565 g/mol. The SMILES string of the molecule is CCOC(=O)c1cn(C2CC2)c2c(F)c(-c3ccc4c(c3)CN(S(=O)(=O)c3ccc(C)cc3)C4)c(F)cc2c1=O. The lowest BCUT2D eigenvalue weighted by molar-refractivity contribution is 0.0524. The Kier molecular flexibility index (Phi) is 6.35. The number of hydrogen-bond acceptors (Lipinski definition) is 5. The number of rotatable bonds is 6. The van der Waals surface area contributed by atoms with Crippen LogP contribution in [0.1, 0.15) is 52.9 Å². The van der Waals surface area contributed by atoms with E-state index in [-0.39, 0.29) is 58.2 Å². The van der Waals surface area contributed by atoms with E-state index < -0.39 is 33.1 Å². The number of esters is 1. The Balaban J connectivity index is 1.43. The van der Waals surface area contributed by atoms with E-state index in [1.165, 1.54) is 15.1 Å². The van der Waals surface area contributed by atoms with E-state index in [0.717, 1.165) is 30.0 Å². The summed E-state index contributed by atoms with van der Waals surface area (Å²) in [5.41, 5.74) is 1.13. The summed E-state index contributed by atoms with van der Waals surface area (Å²) in [7, 11) is -3.76. The van der Waals surface area contributed by atoms with Crippen LogP contribution in [0.2, 0.25) is 0 Å². The van der Waals surface area contributed by atoms with Gasteiger partial charge in [0.15, 0.2) is 5.82 Å². The largest absolute Gasteiger partial charge is 0.462 e. The van der Waals surface area contributed by atoms with Gasteiger partial charge in [0, 0.05) is 25.3 Å². The lowest BCUT2D eigenvalue weighted by Gasteiger charge is -2.16. The van der Waals surface area contributed by atoms with Crippen molar-refractivity contribution in [2.75, 3.05) is 6.61 Å². The molecule has 1 fully saturated rings. The molecule has 4 aromatic rings. The first-order valence-corrected chi connectivity index (χ1v) is 14.5. The van der Waals surface area contributed by atoms with Gasteiger partial charge in [0.2, 0.25) is 15.5 Å². The molecule has 3 aromatic carbocycles. The summed E-state index contributed by atoms with van der Waals surface area (Å²) in [4.78, 5) is 25.7. The minimum Gasteiger partial charge on any atom is -0.462 e. The summed E-state index contributed by atoms with van der Waals surface area (Å²) in [6.45, 7) is 3.75. The number of aromatic nitrogens is 1. The molecule has 0 amide bonds. The van der Waals surface area contributed by atoms with E-state index in [4.69, 9.17) is 4.74 Å². The lowest BCUT2D eigenvalue weighted by Crippen LogP contribution is -2.25. The van der Waals surface area contributed by atoms with Gasteiger partial charge in [0.1, 0.15) is 11.4 Å². The van der Waals surface area contributed by atoms with Crippen LogP contribution in [-0.2, 0) is 27.8 Å². The lowest BCUT2D eigenvalue weighted by atomic mass is 9.97. The van der Waals surface area contributed by atoms with Crippen molar-refractivity contribution in [1.82, 2.24) is 8.87 Å². The first-order valence-electron chi connectivity index (χ1n) is 13.0. The first-order chi connectivity index (χ1) is 19.1. The van der Waals surface area contributed by atoms with Gasteiger partial charge in [-0.2, -0.15) is 4.31 Å². The monoisotopic (exact) mass is 564 g/mol. The molecular formula is C30H26F2N2O5S. The third-order valence-electron chi connectivity index (χ3n) is 7.49. The highest BCUT2D eigenvalue weighted by Gasteiger charge is 2.33. The summed E-state index contributed by atoms with van der Waals surface area (Å²) in [5.74, 6) is -2.69. The molecule has 40 heavy (non-hydrogen) atoms. The molecule has 10 heteroatoms. The molecule has 0 radical (unpaired) electrons. The third-order valence-corrected chi connectivity index (χ3v) is 9.30. The number of aryl methyl sites for hydroxylation is 1. The zero-order valence-electron chi connectivity index (χ0n) is 21.9. The number of sulfonamides is 1. The summed E-state index contributed by atoms with van der Waals surface area (Å²) in [6, 6.07) is 12.3. The number of ether oxygens (including phenoxy) is 1. The number of halogens is 2. The summed E-state index contributed by atoms with van der Waals surface area (Å²) in [6.07, 6.45) is 2.77. The normalized spacial score (nSPS) is 15.4. The Morgan fingerprint density at radius 1 is 1.02 bits per heavy atom. The maximum absolute atomic E-state index is 16.2. The number of hydrogen-bond donors (Lipinski definition) is 0. The zero-order valence-corrected chi connectivity index (χ0v) is 22.7. The predicted molar refractivity (Wildman–Crippen MR) is 145 cm³/mol. The molecule has 7 nitrogen and oxygen atoms in total. The Morgan fingerprint density at radius 3 is 2.40 bits per heavy atom. The second-order valence-corrected chi connectivity index (χ2v) is 12.2. The molecule has 1 aromatic heterocycles. The fourth-order valence-electron chi connectivity index (χ4n) is 5.25. The van der Waals surface area contributed by atoms with Crippen molar-refractivity contribution in [3.05, 3.63) is 98.8 Å². The van der Waals surface area contributed by atoms with Gasteiger partial charge in [-0.05, 0) is 67.6 Å². The Bertz CT molecular complexity index is 1860. The summed E-state index contributed by atoms with van der Waals surface area (Å²) < 4.78 is 66.0. The van der Waals surface area contributed by atoms with Crippen LogP contribution in [0.5, 0.6) is 0 Å². The van der Waals surface area contributed by atoms with Gasteiger partial charge in [-0.1, -0.05) is 29.8 Å². The van der Waals surface area contributed by atoms with Crippen LogP contribution >= 0.6 is 0 Å². The number of benzene rings is 3. The minimum absolute atomic E-state index is 0.0590. The van der Waals surface area contributed by atoms with E-state index >= 15 is 8.78 Å². The Morgan fingerprint density at radius 2 is 1.73 bits per heavy atom. The zero-order chi connectivity index (χ0) is 28.3. The molecule has 0 N–H and O–H groups in total. The molecule has 0 saturated heterocycles. The fraction of sp³-hybridized carbons (Fsp3) is 0.267. The fourth-order valence-corrected chi connectivity index (χ4v) is 6.65. The van der Waals surface area contributed by atoms with E-state index in [0.29, 0.717) is 5.56 Å². The molecule has 0 atom stereocenters. The molecule has 2 heterocycles. The maximum atomic E-state index is 16.2. The van der Waals surface area contributed by atoms with Gasteiger partial charge in [0.25, 0.3) is 0 Å². The molecule has 1 aliphatic carbocycles. The van der Waals surface area contributed by atoms with E-state index in [2.05, 4.69) is 0 Å². The van der Waals surface area contributed by atoms with Crippen LogP contribution in [0, 0.1) is 18.6 Å². The van der Waals surface area contributed by atoms with Crippen molar-refractivity contribution >= 4 is 26.9 Å². The molecule has 1 aliphatic heterocycles.